The lowest BCUT2D eigenvalue weighted by Gasteiger charge is -2.31. The number of hydrogen-bond donors (Lipinski definition) is 1. The van der Waals surface area contributed by atoms with Gasteiger partial charge in [0.05, 0.1) is 5.69 Å². The van der Waals surface area contributed by atoms with Gasteiger partial charge in [0.15, 0.2) is 5.58 Å². The number of likely N-dealkylation sites (tertiary alicyclic amines) is 1. The monoisotopic (exact) mass is 521 g/mol. The van der Waals surface area contributed by atoms with E-state index in [9.17, 15) is 12.8 Å². The van der Waals surface area contributed by atoms with Gasteiger partial charge < -0.3 is 9.42 Å². The molecule has 6 nitrogen and oxygen atoms in total. The van der Waals surface area contributed by atoms with Gasteiger partial charge in [-0.15, -0.1) is 11.3 Å². The highest BCUT2D eigenvalue weighted by Crippen LogP contribution is 2.33. The summed E-state index contributed by atoms with van der Waals surface area (Å²) in [6.07, 6.45) is 3.64. The Bertz CT molecular complexity index is 1410. The summed E-state index contributed by atoms with van der Waals surface area (Å²) in [6.45, 7) is 3.25. The van der Waals surface area contributed by atoms with E-state index in [2.05, 4.69) is 14.8 Å². The molecular formula is C24H25ClFN3O3S2. The molecule has 3 heterocycles. The summed E-state index contributed by atoms with van der Waals surface area (Å²) in [5.74, 6) is -0.00741. The number of nitrogens with zero attached hydrogens (tertiary/aromatic N) is 2. The third kappa shape index (κ3) is 5.13. The van der Waals surface area contributed by atoms with E-state index in [0.717, 1.165) is 66.5 Å². The average molecular weight is 522 g/mol. The summed E-state index contributed by atoms with van der Waals surface area (Å²) in [6, 6.07) is 11.7. The van der Waals surface area contributed by atoms with Crippen molar-refractivity contribution in [3.8, 4) is 0 Å². The molecule has 5 rings (SSSR count). The van der Waals surface area contributed by atoms with Crippen LogP contribution >= 0.6 is 22.9 Å². The van der Waals surface area contributed by atoms with Crippen molar-refractivity contribution in [3.05, 3.63) is 59.0 Å². The van der Waals surface area contributed by atoms with E-state index in [-0.39, 0.29) is 5.82 Å². The fraction of sp³-hybridized carbons (Fsp3) is 0.375. The smallest absolute Gasteiger partial charge is 0.250 e. The van der Waals surface area contributed by atoms with Gasteiger partial charge in [-0.2, -0.15) is 0 Å². The summed E-state index contributed by atoms with van der Waals surface area (Å²) >= 11 is 7.24. The van der Waals surface area contributed by atoms with Gasteiger partial charge in [0.1, 0.15) is 10.0 Å². The number of piperidine rings is 1. The van der Waals surface area contributed by atoms with E-state index >= 15 is 0 Å². The van der Waals surface area contributed by atoms with Crippen LogP contribution in [-0.4, -0.2) is 44.7 Å². The molecule has 0 spiro atoms. The molecule has 1 N–H and O–H groups in total. The number of fused-ring (bicyclic) bond motifs is 2. The molecule has 2 aromatic carbocycles. The maximum atomic E-state index is 13.4. The topological polar surface area (TPSA) is 75.4 Å². The lowest BCUT2D eigenvalue weighted by Crippen LogP contribution is -2.34. The molecular weight excluding hydrogens is 497 g/mol. The van der Waals surface area contributed by atoms with Crippen molar-refractivity contribution in [2.45, 2.75) is 35.8 Å². The molecule has 0 saturated carbocycles. The van der Waals surface area contributed by atoms with Crippen molar-refractivity contribution >= 4 is 54.0 Å². The van der Waals surface area contributed by atoms with Crippen LogP contribution < -0.4 is 4.72 Å². The van der Waals surface area contributed by atoms with Crippen LogP contribution in [0.3, 0.4) is 0 Å². The largest absolute Gasteiger partial charge is 0.356 e. The molecule has 1 fully saturated rings. The summed E-state index contributed by atoms with van der Waals surface area (Å²) in [5, 5.41) is 6.58. The van der Waals surface area contributed by atoms with Crippen molar-refractivity contribution in [1.82, 2.24) is 14.8 Å². The first-order valence-electron chi connectivity index (χ1n) is 11.3. The molecule has 10 heteroatoms. The van der Waals surface area contributed by atoms with E-state index in [1.807, 2.05) is 6.07 Å². The molecule has 0 aliphatic carbocycles. The summed E-state index contributed by atoms with van der Waals surface area (Å²) in [4.78, 5) is 2.41. The minimum absolute atomic E-state index is 0.311. The minimum atomic E-state index is -3.52. The maximum absolute atomic E-state index is 13.4. The van der Waals surface area contributed by atoms with Crippen LogP contribution in [0, 0.1) is 5.82 Å². The standard InChI is InChI=1S/C24H25ClFN3O3S2/c25-18-4-3-17-13-23(33-22(17)14-18)34(30,31)27-9-1-2-10-29-11-7-16(8-12-29)24-20-6-5-19(26)15-21(20)32-28-24/h3-6,13-16,27H,1-2,7-12H2. The van der Waals surface area contributed by atoms with Crippen molar-refractivity contribution in [1.29, 1.82) is 0 Å². The van der Waals surface area contributed by atoms with E-state index in [1.165, 1.54) is 23.5 Å². The molecule has 0 atom stereocenters. The van der Waals surface area contributed by atoms with Crippen LogP contribution in [-0.2, 0) is 10.0 Å². The van der Waals surface area contributed by atoms with Crippen molar-refractivity contribution < 1.29 is 17.3 Å². The van der Waals surface area contributed by atoms with E-state index in [0.29, 0.717) is 27.3 Å². The zero-order valence-electron chi connectivity index (χ0n) is 18.5. The number of aromatic nitrogens is 1. The Morgan fingerprint density at radius 3 is 2.79 bits per heavy atom. The fourth-order valence-corrected chi connectivity index (χ4v) is 7.30. The summed E-state index contributed by atoms with van der Waals surface area (Å²) in [7, 11) is -3.52. The molecule has 4 aromatic rings. The predicted octanol–water partition coefficient (Wildman–Crippen LogP) is 5.77. The van der Waals surface area contributed by atoms with Crippen molar-refractivity contribution in [3.63, 3.8) is 0 Å². The fourth-order valence-electron chi connectivity index (χ4n) is 4.51. The lowest BCUT2D eigenvalue weighted by molar-refractivity contribution is 0.206. The summed E-state index contributed by atoms with van der Waals surface area (Å²) < 4.78 is 47.9. The van der Waals surface area contributed by atoms with Gasteiger partial charge in [-0.3, -0.25) is 0 Å². The number of benzene rings is 2. The van der Waals surface area contributed by atoms with Crippen LogP contribution in [0.5, 0.6) is 0 Å². The quantitative estimate of drug-likeness (QED) is 0.298. The Morgan fingerprint density at radius 1 is 1.15 bits per heavy atom. The van der Waals surface area contributed by atoms with Gasteiger partial charge >= 0.3 is 0 Å². The third-order valence-corrected chi connectivity index (χ3v) is 9.62. The second-order valence-electron chi connectivity index (χ2n) is 8.68. The average Bonchev–Trinajstić information content (AvgIpc) is 3.43. The van der Waals surface area contributed by atoms with Crippen LogP contribution in [0.1, 0.15) is 37.3 Å². The molecule has 34 heavy (non-hydrogen) atoms. The van der Waals surface area contributed by atoms with E-state index in [4.69, 9.17) is 16.1 Å². The first kappa shape index (κ1) is 23.7. The number of nitrogens with one attached hydrogen (secondary N) is 1. The first-order chi connectivity index (χ1) is 16.4. The Morgan fingerprint density at radius 2 is 1.97 bits per heavy atom. The van der Waals surface area contributed by atoms with Gasteiger partial charge in [-0.25, -0.2) is 17.5 Å². The number of thiophene rings is 1. The minimum Gasteiger partial charge on any atom is -0.356 e. The Kier molecular flexibility index (Phi) is 6.90. The highest BCUT2D eigenvalue weighted by atomic mass is 35.5. The van der Waals surface area contributed by atoms with Crippen LogP contribution in [0.2, 0.25) is 5.02 Å². The molecule has 0 unspecified atom stereocenters. The number of sulfonamides is 1. The number of hydrogen-bond acceptors (Lipinski definition) is 6. The SMILES string of the molecule is O=S(=O)(NCCCCN1CCC(c2noc3cc(F)ccc23)CC1)c1cc2ccc(Cl)cc2s1. The molecule has 1 saturated heterocycles. The highest BCUT2D eigenvalue weighted by molar-refractivity contribution is 7.91. The number of rotatable bonds is 8. The van der Waals surface area contributed by atoms with E-state index < -0.39 is 10.0 Å². The maximum Gasteiger partial charge on any atom is 0.250 e. The molecule has 1 aliphatic rings. The normalized spacial score (nSPS) is 16.1. The molecule has 1 aliphatic heterocycles. The number of halogens is 2. The second kappa shape index (κ2) is 9.91. The Hall–Kier alpha value is -2.04. The zero-order valence-corrected chi connectivity index (χ0v) is 20.9. The van der Waals surface area contributed by atoms with Gasteiger partial charge in [0.2, 0.25) is 10.0 Å². The molecule has 0 amide bonds. The van der Waals surface area contributed by atoms with Crippen molar-refractivity contribution in [2.24, 2.45) is 0 Å². The highest BCUT2D eigenvalue weighted by Gasteiger charge is 2.25. The van der Waals surface area contributed by atoms with Crippen LogP contribution in [0.15, 0.2) is 51.2 Å². The summed E-state index contributed by atoms with van der Waals surface area (Å²) in [5.41, 5.74) is 1.42. The van der Waals surface area contributed by atoms with Gasteiger partial charge in [-0.1, -0.05) is 22.8 Å². The number of unbranched alkanes of at least 4 members (excludes halogenated alkanes) is 1. The molecule has 0 radical (unpaired) electrons. The Balaban J connectivity index is 1.06. The first-order valence-corrected chi connectivity index (χ1v) is 14.0. The second-order valence-corrected chi connectivity index (χ2v) is 12.2. The van der Waals surface area contributed by atoms with Crippen LogP contribution in [0.25, 0.3) is 21.1 Å². The molecule has 2 aromatic heterocycles. The third-order valence-electron chi connectivity index (χ3n) is 6.35. The zero-order chi connectivity index (χ0) is 23.7. The lowest BCUT2D eigenvalue weighted by atomic mass is 9.91. The van der Waals surface area contributed by atoms with Crippen LogP contribution in [0.4, 0.5) is 4.39 Å². The van der Waals surface area contributed by atoms with Gasteiger partial charge in [-0.05, 0) is 81.0 Å². The Labute approximate surface area is 206 Å². The molecule has 0 bridgehead atoms. The molecule has 180 valence electrons. The van der Waals surface area contributed by atoms with Gasteiger partial charge in [0, 0.05) is 33.6 Å². The predicted molar refractivity (Wildman–Crippen MR) is 134 cm³/mol. The van der Waals surface area contributed by atoms with Gasteiger partial charge in [0.25, 0.3) is 0 Å². The van der Waals surface area contributed by atoms with Crippen molar-refractivity contribution in [2.75, 3.05) is 26.2 Å². The van der Waals surface area contributed by atoms with E-state index in [1.54, 1.807) is 24.3 Å².